The van der Waals surface area contributed by atoms with Crippen LogP contribution in [-0.4, -0.2) is 9.97 Å². The summed E-state index contributed by atoms with van der Waals surface area (Å²) in [5.41, 5.74) is 5.45. The average molecular weight is 338 g/mol. The van der Waals surface area contributed by atoms with Crippen molar-refractivity contribution in [2.45, 2.75) is 6.54 Å². The molecular formula is C20H20ClN3. The Labute approximate surface area is 148 Å². The van der Waals surface area contributed by atoms with Crippen LogP contribution in [-0.2, 0) is 6.54 Å². The molecule has 24 heavy (non-hydrogen) atoms. The number of H-pyrrole nitrogens is 1. The van der Waals surface area contributed by atoms with Gasteiger partial charge in [-0.05, 0) is 35.4 Å². The number of nitrogens with zero attached hydrogens (tertiary/aromatic N) is 1. The SMILES string of the molecule is Clc1cnc2[nH]cc(-c3cccc(CNc4ccccc4)c3)c2c1.[HH].[HH]. The van der Waals surface area contributed by atoms with E-state index in [0.29, 0.717) is 5.02 Å². The lowest BCUT2D eigenvalue weighted by Gasteiger charge is -2.08. The lowest BCUT2D eigenvalue weighted by atomic mass is 10.0. The van der Waals surface area contributed by atoms with Crippen molar-refractivity contribution < 1.29 is 2.85 Å². The van der Waals surface area contributed by atoms with Crippen LogP contribution in [0.2, 0.25) is 5.02 Å². The largest absolute Gasteiger partial charge is 0.381 e. The van der Waals surface area contributed by atoms with Crippen LogP contribution in [0.5, 0.6) is 0 Å². The van der Waals surface area contributed by atoms with E-state index in [9.17, 15) is 0 Å². The van der Waals surface area contributed by atoms with Crippen LogP contribution in [0.15, 0.2) is 73.1 Å². The molecule has 0 aliphatic carbocycles. The zero-order valence-corrected chi connectivity index (χ0v) is 13.7. The lowest BCUT2D eigenvalue weighted by molar-refractivity contribution is 1.15. The quantitative estimate of drug-likeness (QED) is 0.480. The number of aromatic amines is 1. The highest BCUT2D eigenvalue weighted by molar-refractivity contribution is 6.31. The number of nitrogens with one attached hydrogen (secondary N) is 2. The van der Waals surface area contributed by atoms with Crippen LogP contribution in [0.3, 0.4) is 0 Å². The fraction of sp³-hybridized carbons (Fsp3) is 0.0500. The summed E-state index contributed by atoms with van der Waals surface area (Å²) in [5, 5.41) is 5.12. The molecule has 4 heteroatoms. The van der Waals surface area contributed by atoms with Gasteiger partial charge in [0.15, 0.2) is 0 Å². The minimum atomic E-state index is 0. The number of rotatable bonds is 4. The van der Waals surface area contributed by atoms with Crippen LogP contribution in [0, 0.1) is 0 Å². The first kappa shape index (κ1) is 14.8. The van der Waals surface area contributed by atoms with Crippen molar-refractivity contribution in [2.75, 3.05) is 5.32 Å². The number of anilines is 1. The van der Waals surface area contributed by atoms with Crippen LogP contribution in [0.1, 0.15) is 8.42 Å². The maximum atomic E-state index is 6.10. The molecule has 0 saturated carbocycles. The van der Waals surface area contributed by atoms with Crippen molar-refractivity contribution in [1.29, 1.82) is 0 Å². The van der Waals surface area contributed by atoms with Gasteiger partial charge in [-0.2, -0.15) is 0 Å². The van der Waals surface area contributed by atoms with Crippen molar-refractivity contribution in [1.82, 2.24) is 9.97 Å². The van der Waals surface area contributed by atoms with Crippen molar-refractivity contribution in [3.05, 3.63) is 83.6 Å². The molecule has 4 aromatic rings. The minimum Gasteiger partial charge on any atom is -0.381 e. The summed E-state index contributed by atoms with van der Waals surface area (Å²) in [4.78, 5) is 7.53. The van der Waals surface area contributed by atoms with Crippen molar-refractivity contribution in [2.24, 2.45) is 0 Å². The first-order chi connectivity index (χ1) is 11.8. The van der Waals surface area contributed by atoms with E-state index in [4.69, 9.17) is 11.6 Å². The molecule has 2 aromatic carbocycles. The van der Waals surface area contributed by atoms with Gasteiger partial charge in [0, 0.05) is 38.4 Å². The number of halogens is 1. The Kier molecular flexibility index (Phi) is 3.93. The number of fused-ring (bicyclic) bond motifs is 1. The summed E-state index contributed by atoms with van der Waals surface area (Å²) in [7, 11) is 0. The van der Waals surface area contributed by atoms with Crippen LogP contribution in [0.4, 0.5) is 5.69 Å². The van der Waals surface area contributed by atoms with Crippen LogP contribution >= 0.6 is 11.6 Å². The second-order valence-corrected chi connectivity index (χ2v) is 6.11. The van der Waals surface area contributed by atoms with Gasteiger partial charge in [-0.15, -0.1) is 0 Å². The smallest absolute Gasteiger partial charge is 0.137 e. The van der Waals surface area contributed by atoms with Gasteiger partial charge in [0.25, 0.3) is 0 Å². The van der Waals surface area contributed by atoms with Gasteiger partial charge >= 0.3 is 0 Å². The number of pyridine rings is 1. The molecule has 0 fully saturated rings. The Bertz CT molecular complexity index is 987. The zero-order chi connectivity index (χ0) is 16.4. The molecule has 0 bridgehead atoms. The molecular weight excluding hydrogens is 318 g/mol. The molecule has 0 saturated heterocycles. The summed E-state index contributed by atoms with van der Waals surface area (Å²) >= 11 is 6.10. The van der Waals surface area contributed by atoms with Gasteiger partial charge in [-0.25, -0.2) is 4.98 Å². The molecule has 0 amide bonds. The molecule has 0 aliphatic rings. The molecule has 2 heterocycles. The molecule has 4 rings (SSSR count). The lowest BCUT2D eigenvalue weighted by Crippen LogP contribution is -1.98. The summed E-state index contributed by atoms with van der Waals surface area (Å²) in [6, 6.07) is 20.7. The Hall–Kier alpha value is -2.78. The highest BCUT2D eigenvalue weighted by Crippen LogP contribution is 2.30. The van der Waals surface area contributed by atoms with Crippen LogP contribution in [0.25, 0.3) is 22.2 Å². The molecule has 3 nitrogen and oxygen atoms in total. The highest BCUT2D eigenvalue weighted by atomic mass is 35.5. The number of hydrogen-bond acceptors (Lipinski definition) is 2. The molecule has 122 valence electrons. The van der Waals surface area contributed by atoms with E-state index in [2.05, 4.69) is 51.7 Å². The third kappa shape index (κ3) is 2.99. The summed E-state index contributed by atoms with van der Waals surface area (Å²) < 4.78 is 0. The fourth-order valence-corrected chi connectivity index (χ4v) is 2.98. The Morgan fingerprint density at radius 2 is 1.92 bits per heavy atom. The molecule has 2 aromatic heterocycles. The zero-order valence-electron chi connectivity index (χ0n) is 13.0. The predicted molar refractivity (Wildman–Crippen MR) is 105 cm³/mol. The van der Waals surface area contributed by atoms with E-state index in [1.54, 1.807) is 6.20 Å². The molecule has 0 unspecified atom stereocenters. The maximum absolute atomic E-state index is 6.10. The van der Waals surface area contributed by atoms with E-state index in [1.807, 2.05) is 30.5 Å². The van der Waals surface area contributed by atoms with E-state index in [-0.39, 0.29) is 2.85 Å². The van der Waals surface area contributed by atoms with E-state index in [0.717, 1.165) is 34.4 Å². The third-order valence-corrected chi connectivity index (χ3v) is 4.21. The normalized spacial score (nSPS) is 10.9. The van der Waals surface area contributed by atoms with Gasteiger partial charge in [0.2, 0.25) is 0 Å². The standard InChI is InChI=1S/C20H16ClN3.2H2/c21-16-10-18-19(13-24-20(18)23-12-16)15-6-4-5-14(9-15)11-22-17-7-2-1-3-8-17;;/h1-10,12-13,22H,11H2,(H,23,24);2*1H. The number of benzene rings is 2. The second kappa shape index (κ2) is 6.38. The molecule has 0 radical (unpaired) electrons. The van der Waals surface area contributed by atoms with E-state index in [1.165, 1.54) is 5.56 Å². The summed E-state index contributed by atoms with van der Waals surface area (Å²) in [6.07, 6.45) is 3.64. The number of aromatic nitrogens is 2. The highest BCUT2D eigenvalue weighted by Gasteiger charge is 2.08. The Morgan fingerprint density at radius 1 is 1.04 bits per heavy atom. The van der Waals surface area contributed by atoms with Crippen molar-refractivity contribution in [3.8, 4) is 11.1 Å². The van der Waals surface area contributed by atoms with Gasteiger partial charge in [0.05, 0.1) is 5.02 Å². The van der Waals surface area contributed by atoms with E-state index >= 15 is 0 Å². The molecule has 0 spiro atoms. The number of hydrogen-bond donors (Lipinski definition) is 2. The number of para-hydroxylation sites is 1. The Morgan fingerprint density at radius 3 is 2.79 bits per heavy atom. The van der Waals surface area contributed by atoms with Crippen molar-refractivity contribution in [3.63, 3.8) is 0 Å². The van der Waals surface area contributed by atoms with Gasteiger partial charge in [-0.3, -0.25) is 0 Å². The second-order valence-electron chi connectivity index (χ2n) is 5.67. The van der Waals surface area contributed by atoms with Crippen molar-refractivity contribution >= 4 is 28.3 Å². The predicted octanol–water partition coefficient (Wildman–Crippen LogP) is 5.99. The summed E-state index contributed by atoms with van der Waals surface area (Å²) in [5.74, 6) is 0. The minimum absolute atomic E-state index is 0. The molecule has 0 aliphatic heterocycles. The first-order valence-electron chi connectivity index (χ1n) is 7.80. The average Bonchev–Trinajstić information content (AvgIpc) is 3.04. The van der Waals surface area contributed by atoms with Crippen LogP contribution < -0.4 is 5.32 Å². The topological polar surface area (TPSA) is 40.7 Å². The third-order valence-electron chi connectivity index (χ3n) is 4.01. The monoisotopic (exact) mass is 337 g/mol. The molecule has 0 atom stereocenters. The first-order valence-corrected chi connectivity index (χ1v) is 8.18. The van der Waals surface area contributed by atoms with E-state index < -0.39 is 0 Å². The summed E-state index contributed by atoms with van der Waals surface area (Å²) in [6.45, 7) is 0.777. The van der Waals surface area contributed by atoms with Gasteiger partial charge in [0.1, 0.15) is 5.65 Å². The fourth-order valence-electron chi connectivity index (χ4n) is 2.83. The maximum Gasteiger partial charge on any atom is 0.137 e. The molecule has 2 N–H and O–H groups in total. The van der Waals surface area contributed by atoms with Gasteiger partial charge < -0.3 is 10.3 Å². The Balaban J connectivity index is 0.00000121. The van der Waals surface area contributed by atoms with Gasteiger partial charge in [-0.1, -0.05) is 48.0 Å².